The number of aromatic nitrogens is 2. The van der Waals surface area contributed by atoms with Crippen molar-refractivity contribution < 1.29 is 14.6 Å². The summed E-state index contributed by atoms with van der Waals surface area (Å²) in [7, 11) is 3.09. The van der Waals surface area contributed by atoms with Crippen LogP contribution < -0.4 is 9.47 Å². The van der Waals surface area contributed by atoms with Gasteiger partial charge in [0.25, 0.3) is 0 Å². The quantitative estimate of drug-likeness (QED) is 0.639. The number of aliphatic hydroxyl groups is 1. The Morgan fingerprint density at radius 3 is 2.47 bits per heavy atom. The Hall–Kier alpha value is -2.96. The van der Waals surface area contributed by atoms with Crippen molar-refractivity contribution in [1.82, 2.24) is 14.9 Å². The summed E-state index contributed by atoms with van der Waals surface area (Å²) < 4.78 is 10.6. The maximum atomic E-state index is 11.7. The summed E-state index contributed by atoms with van der Waals surface area (Å²) in [6.07, 6.45) is 3.35. The van der Waals surface area contributed by atoms with Crippen molar-refractivity contribution in [2.24, 2.45) is 11.8 Å². The molecule has 0 amide bonds. The molecular weight excluding hydrogens is 402 g/mol. The molecule has 0 unspecified atom stereocenters. The zero-order chi connectivity index (χ0) is 22.1. The predicted molar refractivity (Wildman–Crippen MR) is 122 cm³/mol. The van der Waals surface area contributed by atoms with Gasteiger partial charge in [0.2, 0.25) is 5.88 Å². The molecule has 1 aliphatic carbocycles. The van der Waals surface area contributed by atoms with Gasteiger partial charge in [-0.15, -0.1) is 0 Å². The first-order valence-electron chi connectivity index (χ1n) is 11.2. The average molecular weight is 432 g/mol. The molecule has 166 valence electrons. The van der Waals surface area contributed by atoms with E-state index in [-0.39, 0.29) is 11.9 Å². The Morgan fingerprint density at radius 2 is 1.75 bits per heavy atom. The van der Waals surface area contributed by atoms with E-state index in [1.165, 1.54) is 23.8 Å². The maximum absolute atomic E-state index is 11.7. The topological polar surface area (TPSA) is 67.7 Å². The minimum atomic E-state index is -0.978. The Labute approximate surface area is 188 Å². The van der Waals surface area contributed by atoms with Gasteiger partial charge in [-0.3, -0.25) is 4.90 Å². The summed E-state index contributed by atoms with van der Waals surface area (Å²) >= 11 is 0. The van der Waals surface area contributed by atoms with E-state index < -0.39 is 5.60 Å². The number of methoxy groups -OCH3 is 2. The molecule has 5 rings (SSSR count). The number of benzene rings is 2. The Kier molecular flexibility index (Phi) is 5.57. The molecule has 0 bridgehead atoms. The molecule has 2 aliphatic rings. The lowest BCUT2D eigenvalue weighted by atomic mass is 9.83. The van der Waals surface area contributed by atoms with Gasteiger partial charge < -0.3 is 14.6 Å². The van der Waals surface area contributed by atoms with Crippen molar-refractivity contribution in [3.05, 3.63) is 71.9 Å². The summed E-state index contributed by atoms with van der Waals surface area (Å²) in [5.41, 5.74) is 3.44. The van der Waals surface area contributed by atoms with E-state index in [0.717, 1.165) is 26.1 Å². The van der Waals surface area contributed by atoms with Crippen molar-refractivity contribution >= 4 is 0 Å². The fraction of sp³-hybridized carbons (Fsp3) is 0.385. The third kappa shape index (κ3) is 3.74. The van der Waals surface area contributed by atoms with Gasteiger partial charge in [0.1, 0.15) is 5.60 Å². The maximum Gasteiger partial charge on any atom is 0.319 e. The van der Waals surface area contributed by atoms with E-state index in [9.17, 15) is 5.11 Å². The van der Waals surface area contributed by atoms with Gasteiger partial charge in [0.15, 0.2) is 0 Å². The predicted octanol–water partition coefficient (Wildman–Crippen LogP) is 3.89. The number of nitrogens with zero attached hydrogens (tertiary/aromatic N) is 3. The summed E-state index contributed by atoms with van der Waals surface area (Å²) in [5.74, 6) is 0.988. The van der Waals surface area contributed by atoms with Gasteiger partial charge in [0, 0.05) is 31.7 Å². The van der Waals surface area contributed by atoms with Crippen LogP contribution in [0.25, 0.3) is 11.1 Å². The van der Waals surface area contributed by atoms with Crippen LogP contribution in [0, 0.1) is 11.8 Å². The van der Waals surface area contributed by atoms with Gasteiger partial charge in [-0.25, -0.2) is 4.98 Å². The Morgan fingerprint density at radius 1 is 1.00 bits per heavy atom. The highest BCUT2D eigenvalue weighted by atomic mass is 16.5. The van der Waals surface area contributed by atoms with Crippen LogP contribution in [0.2, 0.25) is 0 Å². The lowest BCUT2D eigenvalue weighted by Crippen LogP contribution is -2.35. The minimum Gasteiger partial charge on any atom is -0.481 e. The highest BCUT2D eigenvalue weighted by molar-refractivity contribution is 5.63. The van der Waals surface area contributed by atoms with Crippen molar-refractivity contribution in [3.8, 4) is 23.0 Å². The van der Waals surface area contributed by atoms with E-state index in [4.69, 9.17) is 9.47 Å². The molecule has 6 nitrogen and oxygen atoms in total. The first-order chi connectivity index (χ1) is 15.6. The van der Waals surface area contributed by atoms with Crippen molar-refractivity contribution in [3.63, 3.8) is 0 Å². The third-order valence-electron chi connectivity index (χ3n) is 7.07. The summed E-state index contributed by atoms with van der Waals surface area (Å²) in [5, 5.41) is 11.7. The number of likely N-dealkylation sites (tertiary alicyclic amines) is 1. The molecule has 3 atom stereocenters. The number of fused-ring (bicyclic) bond motifs is 1. The van der Waals surface area contributed by atoms with Gasteiger partial charge in [0.05, 0.1) is 19.8 Å². The third-order valence-corrected chi connectivity index (χ3v) is 7.07. The molecule has 3 aromatic rings. The molecule has 2 aromatic carbocycles. The SMILES string of the molecule is COc1ncc([C@]2(O)CC[C@H]3CN(Cc4ccc(-c5ccccc5)cc4)C[C@H]32)c(OC)n1. The van der Waals surface area contributed by atoms with Crippen LogP contribution in [0.15, 0.2) is 60.8 Å². The summed E-state index contributed by atoms with van der Waals surface area (Å²) in [6, 6.07) is 19.5. The molecule has 1 saturated carbocycles. The van der Waals surface area contributed by atoms with Crippen LogP contribution in [-0.2, 0) is 12.1 Å². The normalized spacial score (nSPS) is 25.0. The van der Waals surface area contributed by atoms with E-state index in [0.29, 0.717) is 23.8 Å². The highest BCUT2D eigenvalue weighted by Crippen LogP contribution is 2.52. The highest BCUT2D eigenvalue weighted by Gasteiger charge is 2.53. The van der Waals surface area contributed by atoms with Crippen molar-refractivity contribution in [1.29, 1.82) is 0 Å². The van der Waals surface area contributed by atoms with Crippen molar-refractivity contribution in [2.45, 2.75) is 25.0 Å². The lowest BCUT2D eigenvalue weighted by molar-refractivity contribution is -0.00972. The number of ether oxygens (including phenoxy) is 2. The zero-order valence-electron chi connectivity index (χ0n) is 18.6. The van der Waals surface area contributed by atoms with E-state index in [2.05, 4.69) is 63.4 Å². The second kappa shape index (κ2) is 8.52. The fourth-order valence-electron chi connectivity index (χ4n) is 5.44. The fourth-order valence-corrected chi connectivity index (χ4v) is 5.44. The van der Waals surface area contributed by atoms with Gasteiger partial charge in [-0.05, 0) is 35.4 Å². The van der Waals surface area contributed by atoms with Gasteiger partial charge in [-0.2, -0.15) is 4.98 Å². The standard InChI is InChI=1S/C26H29N3O3/c1-31-24-22(14-27-25(28-24)32-2)26(30)13-12-21-16-29(17-23(21)26)15-18-8-10-20(11-9-18)19-6-4-3-5-7-19/h3-11,14,21,23,30H,12-13,15-17H2,1-2H3/t21-,23+,26+/m0/s1. The first kappa shape index (κ1) is 20.9. The largest absolute Gasteiger partial charge is 0.481 e. The molecule has 0 spiro atoms. The van der Waals surface area contributed by atoms with Crippen molar-refractivity contribution in [2.75, 3.05) is 27.3 Å². The average Bonchev–Trinajstić information content (AvgIpc) is 3.39. The lowest BCUT2D eigenvalue weighted by Gasteiger charge is -2.31. The molecule has 1 N–H and O–H groups in total. The monoisotopic (exact) mass is 431 g/mol. The first-order valence-corrected chi connectivity index (χ1v) is 11.2. The molecule has 1 aromatic heterocycles. The number of hydrogen-bond donors (Lipinski definition) is 1. The number of hydrogen-bond acceptors (Lipinski definition) is 6. The van der Waals surface area contributed by atoms with Crippen LogP contribution in [0.1, 0.15) is 24.0 Å². The van der Waals surface area contributed by atoms with Crippen LogP contribution in [-0.4, -0.2) is 47.3 Å². The van der Waals surface area contributed by atoms with E-state index >= 15 is 0 Å². The van der Waals surface area contributed by atoms with E-state index in [1.807, 2.05) is 6.07 Å². The number of rotatable bonds is 6. The summed E-state index contributed by atoms with van der Waals surface area (Å²) in [4.78, 5) is 11.0. The second-order valence-electron chi connectivity index (χ2n) is 8.87. The molecular formula is C26H29N3O3. The zero-order valence-corrected chi connectivity index (χ0v) is 18.6. The minimum absolute atomic E-state index is 0.136. The molecule has 2 fully saturated rings. The van der Waals surface area contributed by atoms with Gasteiger partial charge in [-0.1, -0.05) is 54.6 Å². The molecule has 2 heterocycles. The van der Waals surface area contributed by atoms with Crippen LogP contribution >= 0.6 is 0 Å². The molecule has 0 radical (unpaired) electrons. The smallest absolute Gasteiger partial charge is 0.319 e. The molecule has 32 heavy (non-hydrogen) atoms. The molecule has 6 heteroatoms. The second-order valence-corrected chi connectivity index (χ2v) is 8.87. The van der Waals surface area contributed by atoms with E-state index in [1.54, 1.807) is 13.3 Å². The summed E-state index contributed by atoms with van der Waals surface area (Å²) in [6.45, 7) is 2.72. The van der Waals surface area contributed by atoms with Gasteiger partial charge >= 0.3 is 6.01 Å². The molecule has 1 aliphatic heterocycles. The Bertz CT molecular complexity index is 1070. The van der Waals surface area contributed by atoms with Crippen LogP contribution in [0.4, 0.5) is 0 Å². The molecule has 1 saturated heterocycles. The van der Waals surface area contributed by atoms with Crippen LogP contribution in [0.3, 0.4) is 0 Å². The van der Waals surface area contributed by atoms with Crippen LogP contribution in [0.5, 0.6) is 11.9 Å². The Balaban J connectivity index is 1.31.